The topological polar surface area (TPSA) is 113 Å². The molecule has 0 saturated carbocycles. The third kappa shape index (κ3) is 10.6. The van der Waals surface area contributed by atoms with Gasteiger partial charge in [-0.1, -0.05) is 30.3 Å². The first-order chi connectivity index (χ1) is 15.4. The van der Waals surface area contributed by atoms with E-state index in [-0.39, 0.29) is 19.0 Å². The highest BCUT2D eigenvalue weighted by atomic mass is 16.3. The number of carbonyl (C=O) groups is 3. The van der Waals surface area contributed by atoms with Crippen molar-refractivity contribution in [1.29, 1.82) is 0 Å². The fourth-order valence-corrected chi connectivity index (χ4v) is 4.18. The normalized spacial score (nSPS) is 19.0. The number of nitrogens with one attached hydrogen (secondary N) is 1. The van der Waals surface area contributed by atoms with E-state index < -0.39 is 0 Å². The number of carboxylic acid groups (broad SMARTS) is 2. The van der Waals surface area contributed by atoms with Crippen molar-refractivity contribution < 1.29 is 24.6 Å². The van der Waals surface area contributed by atoms with E-state index in [1.165, 1.54) is 12.0 Å². The molecule has 0 aliphatic carbocycles. The van der Waals surface area contributed by atoms with Gasteiger partial charge in [-0.15, -0.1) is 0 Å². The first-order valence-corrected chi connectivity index (χ1v) is 11.1. The summed E-state index contributed by atoms with van der Waals surface area (Å²) in [5.41, 5.74) is 1.30. The van der Waals surface area contributed by atoms with Crippen molar-refractivity contribution in [2.75, 3.05) is 53.4 Å². The van der Waals surface area contributed by atoms with Gasteiger partial charge in [-0.2, -0.15) is 0 Å². The molecule has 0 spiro atoms. The second kappa shape index (κ2) is 16.0. The van der Waals surface area contributed by atoms with Crippen molar-refractivity contribution in [1.82, 2.24) is 20.0 Å². The predicted molar refractivity (Wildman–Crippen MR) is 124 cm³/mol. The van der Waals surface area contributed by atoms with Crippen LogP contribution in [0, 0.1) is 5.92 Å². The maximum absolute atomic E-state index is 13.0. The molecule has 180 valence electrons. The Bertz CT molecular complexity index is 647. The summed E-state index contributed by atoms with van der Waals surface area (Å²) in [6.45, 7) is 5.50. The molecule has 2 amide bonds. The first kappa shape index (κ1) is 27.4. The molecule has 2 fully saturated rings. The van der Waals surface area contributed by atoms with Crippen molar-refractivity contribution in [2.24, 2.45) is 5.92 Å². The SMILES string of the molecule is CN1CCC(N(CCc2ccccc2)C(=O)NCC2CCN(C)C2)CC1.O=CO.O=CO. The molecule has 2 aliphatic heterocycles. The van der Waals surface area contributed by atoms with Gasteiger partial charge >= 0.3 is 6.03 Å². The molecule has 0 aromatic heterocycles. The van der Waals surface area contributed by atoms with Gasteiger partial charge in [0.05, 0.1) is 0 Å². The maximum atomic E-state index is 13.0. The van der Waals surface area contributed by atoms with Crippen LogP contribution >= 0.6 is 0 Å². The summed E-state index contributed by atoms with van der Waals surface area (Å²) >= 11 is 0. The van der Waals surface area contributed by atoms with Crippen LogP contribution in [0.25, 0.3) is 0 Å². The lowest BCUT2D eigenvalue weighted by molar-refractivity contribution is -0.123. The minimum Gasteiger partial charge on any atom is -0.483 e. The van der Waals surface area contributed by atoms with Gasteiger partial charge in [0.1, 0.15) is 0 Å². The van der Waals surface area contributed by atoms with E-state index in [0.717, 1.165) is 58.5 Å². The molecule has 2 saturated heterocycles. The fraction of sp³-hybridized carbons (Fsp3) is 0.609. The van der Waals surface area contributed by atoms with Gasteiger partial charge in [0.15, 0.2) is 0 Å². The van der Waals surface area contributed by atoms with Crippen LogP contribution in [-0.4, -0.2) is 103 Å². The van der Waals surface area contributed by atoms with Crippen molar-refractivity contribution in [2.45, 2.75) is 31.7 Å². The van der Waals surface area contributed by atoms with Gasteiger partial charge in [-0.05, 0) is 70.9 Å². The summed E-state index contributed by atoms with van der Waals surface area (Å²) in [4.78, 5) is 36.5. The van der Waals surface area contributed by atoms with Gasteiger partial charge in [-0.3, -0.25) is 9.59 Å². The number of carbonyl (C=O) groups excluding carboxylic acids is 1. The number of piperidine rings is 1. The molecular formula is C23H38N4O5. The predicted octanol–water partition coefficient (Wildman–Crippen LogP) is 1.69. The van der Waals surface area contributed by atoms with Crippen LogP contribution in [0.1, 0.15) is 24.8 Å². The maximum Gasteiger partial charge on any atom is 0.317 e. The number of hydrogen-bond acceptors (Lipinski definition) is 5. The number of nitrogens with zero attached hydrogens (tertiary/aromatic N) is 3. The molecule has 3 N–H and O–H groups in total. The van der Waals surface area contributed by atoms with E-state index in [1.807, 2.05) is 6.07 Å². The Kier molecular flexibility index (Phi) is 13.7. The smallest absolute Gasteiger partial charge is 0.317 e. The highest BCUT2D eigenvalue weighted by Crippen LogP contribution is 2.18. The number of urea groups is 1. The molecule has 9 heteroatoms. The fourth-order valence-electron chi connectivity index (χ4n) is 4.18. The third-order valence-electron chi connectivity index (χ3n) is 5.90. The Morgan fingerprint density at radius 2 is 1.59 bits per heavy atom. The van der Waals surface area contributed by atoms with Gasteiger partial charge < -0.3 is 30.2 Å². The summed E-state index contributed by atoms with van der Waals surface area (Å²) in [6, 6.07) is 11.0. The second-order valence-electron chi connectivity index (χ2n) is 8.28. The molecule has 1 aromatic carbocycles. The molecule has 1 atom stereocenters. The van der Waals surface area contributed by atoms with Crippen molar-refractivity contribution in [3.05, 3.63) is 35.9 Å². The van der Waals surface area contributed by atoms with Gasteiger partial charge in [-0.25, -0.2) is 4.79 Å². The molecule has 1 unspecified atom stereocenters. The molecule has 2 heterocycles. The third-order valence-corrected chi connectivity index (χ3v) is 5.90. The van der Waals surface area contributed by atoms with Crippen LogP contribution in [0.4, 0.5) is 4.79 Å². The zero-order valence-corrected chi connectivity index (χ0v) is 19.2. The molecule has 0 bridgehead atoms. The molecule has 1 aromatic rings. The minimum absolute atomic E-state index is 0.130. The Balaban J connectivity index is 0.000000769. The highest BCUT2D eigenvalue weighted by molar-refractivity contribution is 5.74. The summed E-state index contributed by atoms with van der Waals surface area (Å²) in [5.74, 6) is 0.595. The molecule has 3 rings (SSSR count). The van der Waals surface area contributed by atoms with E-state index in [2.05, 4.69) is 58.4 Å². The molecular weight excluding hydrogens is 412 g/mol. The Morgan fingerprint density at radius 3 is 2.12 bits per heavy atom. The number of amides is 2. The Hall–Kier alpha value is -2.65. The van der Waals surface area contributed by atoms with Crippen LogP contribution < -0.4 is 5.32 Å². The van der Waals surface area contributed by atoms with Crippen LogP contribution in [0.15, 0.2) is 30.3 Å². The second-order valence-corrected chi connectivity index (χ2v) is 8.28. The van der Waals surface area contributed by atoms with Crippen molar-refractivity contribution in [3.63, 3.8) is 0 Å². The van der Waals surface area contributed by atoms with E-state index in [1.54, 1.807) is 0 Å². The van der Waals surface area contributed by atoms with Gasteiger partial charge in [0.2, 0.25) is 0 Å². The lowest BCUT2D eigenvalue weighted by Gasteiger charge is -2.37. The molecule has 32 heavy (non-hydrogen) atoms. The van der Waals surface area contributed by atoms with Crippen LogP contribution in [0.3, 0.4) is 0 Å². The number of hydrogen-bond donors (Lipinski definition) is 3. The minimum atomic E-state index is -0.250. The van der Waals surface area contributed by atoms with E-state index in [9.17, 15) is 4.79 Å². The highest BCUT2D eigenvalue weighted by Gasteiger charge is 2.28. The standard InChI is InChI=1S/C21H34N4O.2CH2O2/c1-23-13-10-20(11-14-23)25(15-9-18-6-4-3-5-7-18)21(26)22-16-19-8-12-24(2)17-19;2*2-1-3/h3-7,19-20H,8-17H2,1-2H3,(H,22,26);2*1H,(H,2,3). The Morgan fingerprint density at radius 1 is 1.03 bits per heavy atom. The number of likely N-dealkylation sites (tertiary alicyclic amines) is 2. The largest absolute Gasteiger partial charge is 0.483 e. The summed E-state index contributed by atoms with van der Waals surface area (Å²) < 4.78 is 0. The number of rotatable bonds is 6. The summed E-state index contributed by atoms with van der Waals surface area (Å²) in [5, 5.41) is 17.0. The van der Waals surface area contributed by atoms with E-state index in [4.69, 9.17) is 19.8 Å². The average Bonchev–Trinajstić information content (AvgIpc) is 3.20. The van der Waals surface area contributed by atoms with Crippen LogP contribution in [0.2, 0.25) is 0 Å². The molecule has 0 radical (unpaired) electrons. The zero-order valence-electron chi connectivity index (χ0n) is 19.2. The average molecular weight is 451 g/mol. The summed E-state index contributed by atoms with van der Waals surface area (Å²) in [7, 11) is 4.33. The first-order valence-electron chi connectivity index (χ1n) is 11.1. The Labute approximate surface area is 191 Å². The molecule has 2 aliphatic rings. The number of benzene rings is 1. The quantitative estimate of drug-likeness (QED) is 0.565. The van der Waals surface area contributed by atoms with Crippen molar-refractivity contribution >= 4 is 19.0 Å². The lowest BCUT2D eigenvalue weighted by atomic mass is 10.0. The zero-order chi connectivity index (χ0) is 23.8. The van der Waals surface area contributed by atoms with E-state index in [0.29, 0.717) is 12.0 Å². The van der Waals surface area contributed by atoms with Crippen LogP contribution in [0.5, 0.6) is 0 Å². The van der Waals surface area contributed by atoms with E-state index >= 15 is 0 Å². The van der Waals surface area contributed by atoms with Gasteiger partial charge in [0.25, 0.3) is 12.9 Å². The van der Waals surface area contributed by atoms with Crippen LogP contribution in [-0.2, 0) is 16.0 Å². The molecule has 9 nitrogen and oxygen atoms in total. The van der Waals surface area contributed by atoms with Gasteiger partial charge in [0, 0.05) is 25.7 Å². The summed E-state index contributed by atoms with van der Waals surface area (Å²) in [6.07, 6.45) is 4.26. The monoisotopic (exact) mass is 450 g/mol. The lowest BCUT2D eigenvalue weighted by Crippen LogP contribution is -2.51. The van der Waals surface area contributed by atoms with Crippen molar-refractivity contribution in [3.8, 4) is 0 Å².